The van der Waals surface area contributed by atoms with Crippen molar-refractivity contribution < 1.29 is 4.39 Å². The minimum Gasteiger partial charge on any atom is -0.330 e. The fraction of sp³-hybridized carbons (Fsp3) is 0.231. The van der Waals surface area contributed by atoms with E-state index in [1.807, 2.05) is 10.8 Å². The lowest BCUT2D eigenvalue weighted by Gasteiger charge is -2.02. The van der Waals surface area contributed by atoms with E-state index in [9.17, 15) is 4.39 Å². The van der Waals surface area contributed by atoms with Crippen molar-refractivity contribution in [3.05, 3.63) is 43.8 Å². The zero-order valence-electron chi connectivity index (χ0n) is 10.6. The Hall–Kier alpha value is -1.24. The highest BCUT2D eigenvalue weighted by Gasteiger charge is 2.11. The molecule has 0 aliphatic carbocycles. The number of rotatable bonds is 3. The topological polar surface area (TPSA) is 33.6 Å². The predicted octanol–water partition coefficient (Wildman–Crippen LogP) is 4.56. The van der Waals surface area contributed by atoms with Gasteiger partial charge in [-0.3, -0.25) is 0 Å². The zero-order chi connectivity index (χ0) is 14.3. The van der Waals surface area contributed by atoms with Crippen LogP contribution in [0, 0.1) is 10.6 Å². The molecule has 0 spiro atoms. The molecule has 0 saturated carbocycles. The van der Waals surface area contributed by atoms with E-state index in [2.05, 4.69) is 16.9 Å². The summed E-state index contributed by atoms with van der Waals surface area (Å²) in [5, 5.41) is 1.06. The zero-order valence-corrected chi connectivity index (χ0v) is 13.0. The lowest BCUT2D eigenvalue weighted by Crippen LogP contribution is -1.99. The highest BCUT2D eigenvalue weighted by Crippen LogP contribution is 2.24. The van der Waals surface area contributed by atoms with E-state index in [4.69, 9.17) is 23.8 Å². The molecular weight excluding hydrogens is 317 g/mol. The second kappa shape index (κ2) is 5.27. The number of thiazole rings is 1. The standard InChI is InChI=1S/C13H11ClFN3S2/c1-2-7-5-16-12(20-7)6-18-11-3-8(14)9(15)4-10(11)17-13(18)19/h3-5H,2,6H2,1H3,(H,17,19). The van der Waals surface area contributed by atoms with E-state index in [1.54, 1.807) is 17.4 Å². The summed E-state index contributed by atoms with van der Waals surface area (Å²) in [6.45, 7) is 2.66. The van der Waals surface area contributed by atoms with Gasteiger partial charge in [0.05, 0.1) is 22.6 Å². The average molecular weight is 328 g/mol. The largest absolute Gasteiger partial charge is 0.330 e. The monoisotopic (exact) mass is 327 g/mol. The molecule has 2 aromatic heterocycles. The number of imidazole rings is 1. The SMILES string of the molecule is CCc1cnc(Cn2c(=S)[nH]c3cc(F)c(Cl)cc32)s1. The number of hydrogen-bond donors (Lipinski definition) is 1. The van der Waals surface area contributed by atoms with Crippen LogP contribution in [0.1, 0.15) is 16.8 Å². The summed E-state index contributed by atoms with van der Waals surface area (Å²) in [4.78, 5) is 8.60. The third-order valence-corrected chi connectivity index (χ3v) is 4.80. The summed E-state index contributed by atoms with van der Waals surface area (Å²) in [5.74, 6) is -0.454. The molecule has 0 fully saturated rings. The van der Waals surface area contributed by atoms with Gasteiger partial charge in [-0.15, -0.1) is 11.3 Å². The minimum absolute atomic E-state index is 0.0913. The van der Waals surface area contributed by atoms with Crippen molar-refractivity contribution in [3.63, 3.8) is 0 Å². The van der Waals surface area contributed by atoms with Gasteiger partial charge >= 0.3 is 0 Å². The van der Waals surface area contributed by atoms with Crippen LogP contribution < -0.4 is 0 Å². The van der Waals surface area contributed by atoms with Crippen molar-refractivity contribution in [2.24, 2.45) is 0 Å². The number of benzene rings is 1. The first kappa shape index (κ1) is 13.7. The van der Waals surface area contributed by atoms with Crippen molar-refractivity contribution >= 4 is 46.2 Å². The second-order valence-electron chi connectivity index (χ2n) is 4.37. The van der Waals surface area contributed by atoms with Gasteiger partial charge in [0.25, 0.3) is 0 Å². The van der Waals surface area contributed by atoms with Gasteiger partial charge in [-0.2, -0.15) is 0 Å². The first-order chi connectivity index (χ1) is 9.58. The molecule has 0 unspecified atom stereocenters. The van der Waals surface area contributed by atoms with Crippen LogP contribution in [0.15, 0.2) is 18.3 Å². The quantitative estimate of drug-likeness (QED) is 0.715. The Labute approximate surface area is 129 Å². The van der Waals surface area contributed by atoms with Gasteiger partial charge in [-0.05, 0) is 24.7 Å². The molecule has 7 heteroatoms. The molecule has 0 aliphatic rings. The molecule has 104 valence electrons. The van der Waals surface area contributed by atoms with Gasteiger partial charge < -0.3 is 9.55 Å². The molecule has 1 aromatic carbocycles. The molecule has 0 atom stereocenters. The maximum Gasteiger partial charge on any atom is 0.178 e. The Morgan fingerprint density at radius 1 is 1.50 bits per heavy atom. The average Bonchev–Trinajstić information content (AvgIpc) is 2.98. The number of hydrogen-bond acceptors (Lipinski definition) is 3. The van der Waals surface area contributed by atoms with Crippen LogP contribution in [0.2, 0.25) is 5.02 Å². The molecule has 3 aromatic rings. The van der Waals surface area contributed by atoms with Crippen molar-refractivity contribution in [3.8, 4) is 0 Å². The van der Waals surface area contributed by atoms with Gasteiger partial charge in [0.15, 0.2) is 4.77 Å². The molecule has 0 radical (unpaired) electrons. The second-order valence-corrected chi connectivity index (χ2v) is 6.37. The maximum atomic E-state index is 13.5. The number of fused-ring (bicyclic) bond motifs is 1. The van der Waals surface area contributed by atoms with Crippen LogP contribution >= 0.6 is 35.2 Å². The number of nitrogens with one attached hydrogen (secondary N) is 1. The summed E-state index contributed by atoms with van der Waals surface area (Å²) in [6.07, 6.45) is 2.85. The lowest BCUT2D eigenvalue weighted by atomic mass is 10.3. The number of aromatic amines is 1. The van der Waals surface area contributed by atoms with Crippen LogP contribution in [-0.4, -0.2) is 14.5 Å². The predicted molar refractivity (Wildman–Crippen MR) is 82.7 cm³/mol. The molecule has 0 aliphatic heterocycles. The molecular formula is C13H11ClFN3S2. The fourth-order valence-electron chi connectivity index (χ4n) is 2.03. The van der Waals surface area contributed by atoms with Crippen molar-refractivity contribution in [2.75, 3.05) is 0 Å². The summed E-state index contributed by atoms with van der Waals surface area (Å²) < 4.78 is 15.9. The molecule has 20 heavy (non-hydrogen) atoms. The van der Waals surface area contributed by atoms with Crippen LogP contribution in [0.5, 0.6) is 0 Å². The normalized spacial score (nSPS) is 11.3. The Morgan fingerprint density at radius 3 is 3.00 bits per heavy atom. The van der Waals surface area contributed by atoms with E-state index < -0.39 is 5.82 Å². The van der Waals surface area contributed by atoms with Gasteiger partial charge in [-0.1, -0.05) is 18.5 Å². The molecule has 2 heterocycles. The molecule has 3 rings (SSSR count). The first-order valence-corrected chi connectivity index (χ1v) is 7.70. The number of halogens is 2. The summed E-state index contributed by atoms with van der Waals surface area (Å²) in [7, 11) is 0. The van der Waals surface area contributed by atoms with Crippen LogP contribution in [-0.2, 0) is 13.0 Å². The fourth-order valence-corrected chi connectivity index (χ4v) is 3.31. The summed E-state index contributed by atoms with van der Waals surface area (Å²) >= 11 is 12.8. The van der Waals surface area contributed by atoms with Crippen molar-refractivity contribution in [1.82, 2.24) is 14.5 Å². The highest BCUT2D eigenvalue weighted by atomic mass is 35.5. The van der Waals surface area contributed by atoms with Gasteiger partial charge in [-0.25, -0.2) is 9.37 Å². The van der Waals surface area contributed by atoms with Gasteiger partial charge in [0, 0.05) is 17.1 Å². The van der Waals surface area contributed by atoms with Crippen LogP contribution in [0.25, 0.3) is 11.0 Å². The Kier molecular flexibility index (Phi) is 3.62. The molecule has 0 saturated heterocycles. The third-order valence-electron chi connectivity index (χ3n) is 3.06. The molecule has 0 bridgehead atoms. The summed E-state index contributed by atoms with van der Waals surface area (Å²) in [5.41, 5.74) is 1.43. The number of H-pyrrole nitrogens is 1. The van der Waals surface area contributed by atoms with Gasteiger partial charge in [0.2, 0.25) is 0 Å². The maximum absolute atomic E-state index is 13.5. The van der Waals surface area contributed by atoms with E-state index >= 15 is 0 Å². The summed E-state index contributed by atoms with van der Waals surface area (Å²) in [6, 6.07) is 2.95. The molecule has 3 nitrogen and oxygen atoms in total. The minimum atomic E-state index is -0.454. The number of aromatic nitrogens is 3. The van der Waals surface area contributed by atoms with Crippen molar-refractivity contribution in [1.29, 1.82) is 0 Å². The van der Waals surface area contributed by atoms with Crippen LogP contribution in [0.4, 0.5) is 4.39 Å². The third kappa shape index (κ3) is 2.39. The highest BCUT2D eigenvalue weighted by molar-refractivity contribution is 7.71. The Morgan fingerprint density at radius 2 is 2.30 bits per heavy atom. The van der Waals surface area contributed by atoms with E-state index in [1.165, 1.54) is 10.9 Å². The van der Waals surface area contributed by atoms with E-state index in [0.29, 0.717) is 16.8 Å². The van der Waals surface area contributed by atoms with E-state index in [-0.39, 0.29) is 5.02 Å². The van der Waals surface area contributed by atoms with E-state index in [0.717, 1.165) is 16.9 Å². The number of nitrogens with zero attached hydrogens (tertiary/aromatic N) is 2. The van der Waals surface area contributed by atoms with Crippen molar-refractivity contribution in [2.45, 2.75) is 19.9 Å². The van der Waals surface area contributed by atoms with Crippen LogP contribution in [0.3, 0.4) is 0 Å². The smallest absolute Gasteiger partial charge is 0.178 e. The Bertz CT molecular complexity index is 834. The van der Waals surface area contributed by atoms with Gasteiger partial charge in [0.1, 0.15) is 10.8 Å². The lowest BCUT2D eigenvalue weighted by molar-refractivity contribution is 0.629. The Balaban J connectivity index is 2.08. The molecule has 0 amide bonds. The number of aryl methyl sites for hydroxylation is 1. The first-order valence-electron chi connectivity index (χ1n) is 6.09. The molecule has 1 N–H and O–H groups in total.